The van der Waals surface area contributed by atoms with Gasteiger partial charge in [0.15, 0.2) is 0 Å². The van der Waals surface area contributed by atoms with E-state index in [9.17, 15) is 9.59 Å². The number of nitrogens with one attached hydrogen (secondary N) is 2. The van der Waals surface area contributed by atoms with Gasteiger partial charge < -0.3 is 34.8 Å². The summed E-state index contributed by atoms with van der Waals surface area (Å²) in [4.78, 5) is 32.6. The molecule has 0 spiro atoms. The molecule has 0 aliphatic carbocycles. The molecule has 3 aromatic carbocycles. The summed E-state index contributed by atoms with van der Waals surface area (Å²) in [5.41, 5.74) is 3.70. The molecular formula is C30H37N5O4. The van der Waals surface area contributed by atoms with Crippen LogP contribution in [-0.2, 0) is 0 Å². The zero-order valence-electron chi connectivity index (χ0n) is 23.1. The first kappa shape index (κ1) is 27.6. The van der Waals surface area contributed by atoms with Crippen LogP contribution in [0.25, 0.3) is 0 Å². The number of methoxy groups -OCH3 is 2. The molecule has 9 heteroatoms. The molecule has 1 aliphatic rings. The number of piperazine rings is 1. The molecule has 39 heavy (non-hydrogen) atoms. The van der Waals surface area contributed by atoms with Crippen molar-refractivity contribution in [3.8, 4) is 11.5 Å². The first-order valence-corrected chi connectivity index (χ1v) is 13.3. The van der Waals surface area contributed by atoms with Crippen molar-refractivity contribution in [3.05, 3.63) is 72.3 Å². The number of anilines is 4. The lowest BCUT2D eigenvalue weighted by Gasteiger charge is -2.38. The Hall–Kier alpha value is -4.40. The minimum absolute atomic E-state index is 0.0543. The first-order valence-electron chi connectivity index (χ1n) is 13.3. The number of para-hydroxylation sites is 2. The van der Waals surface area contributed by atoms with Crippen molar-refractivity contribution in [3.63, 3.8) is 0 Å². The van der Waals surface area contributed by atoms with Gasteiger partial charge in [-0.25, -0.2) is 4.79 Å². The van der Waals surface area contributed by atoms with Crippen LogP contribution in [-0.4, -0.2) is 70.3 Å². The van der Waals surface area contributed by atoms with E-state index in [1.54, 1.807) is 49.5 Å². The average molecular weight is 532 g/mol. The summed E-state index contributed by atoms with van der Waals surface area (Å²) in [5, 5.41) is 5.68. The smallest absolute Gasteiger partial charge is 0.323 e. The van der Waals surface area contributed by atoms with E-state index in [0.29, 0.717) is 35.8 Å². The Bertz CT molecular complexity index is 1270. The lowest BCUT2D eigenvalue weighted by Crippen LogP contribution is -2.47. The van der Waals surface area contributed by atoms with Crippen molar-refractivity contribution in [2.24, 2.45) is 0 Å². The fourth-order valence-electron chi connectivity index (χ4n) is 4.79. The highest BCUT2D eigenvalue weighted by atomic mass is 16.5. The minimum Gasteiger partial charge on any atom is -0.497 e. The van der Waals surface area contributed by atoms with Crippen molar-refractivity contribution in [1.29, 1.82) is 0 Å². The molecule has 9 nitrogen and oxygen atoms in total. The molecule has 4 rings (SSSR count). The van der Waals surface area contributed by atoms with Crippen LogP contribution < -0.4 is 29.9 Å². The molecule has 0 atom stereocenters. The SMILES string of the molecule is CCN(CC)C(=O)c1cc(NC(=O)Nc2ccc(OC)cc2)ccc1N1CCN(c2ccccc2OC)CC1. The highest BCUT2D eigenvalue weighted by Gasteiger charge is 2.25. The van der Waals surface area contributed by atoms with Crippen LogP contribution in [0.5, 0.6) is 11.5 Å². The van der Waals surface area contributed by atoms with Gasteiger partial charge in [-0.2, -0.15) is 0 Å². The summed E-state index contributed by atoms with van der Waals surface area (Å²) in [6, 6.07) is 20.3. The second kappa shape index (κ2) is 12.9. The van der Waals surface area contributed by atoms with Gasteiger partial charge in [-0.3, -0.25) is 4.79 Å². The normalized spacial score (nSPS) is 13.0. The Kier molecular flexibility index (Phi) is 9.14. The summed E-state index contributed by atoms with van der Waals surface area (Å²) < 4.78 is 10.7. The van der Waals surface area contributed by atoms with Crippen LogP contribution in [0, 0.1) is 0 Å². The number of hydrogen-bond donors (Lipinski definition) is 2. The van der Waals surface area contributed by atoms with E-state index in [1.165, 1.54) is 0 Å². The third kappa shape index (κ3) is 6.54. The second-order valence-corrected chi connectivity index (χ2v) is 9.16. The maximum Gasteiger partial charge on any atom is 0.323 e. The summed E-state index contributed by atoms with van der Waals surface area (Å²) in [6.45, 7) is 8.24. The number of carbonyl (C=O) groups excluding carboxylic acids is 2. The number of nitrogens with zero attached hydrogens (tertiary/aromatic N) is 3. The maximum absolute atomic E-state index is 13.6. The Morgan fingerprint density at radius 1 is 0.769 bits per heavy atom. The van der Waals surface area contributed by atoms with E-state index in [0.717, 1.165) is 43.3 Å². The predicted octanol–water partition coefficient (Wildman–Crippen LogP) is 5.16. The number of benzene rings is 3. The molecule has 3 amide bonds. The molecular weight excluding hydrogens is 494 g/mol. The molecule has 1 saturated heterocycles. The molecule has 1 fully saturated rings. The van der Waals surface area contributed by atoms with E-state index in [1.807, 2.05) is 44.2 Å². The van der Waals surface area contributed by atoms with Gasteiger partial charge in [0.25, 0.3) is 5.91 Å². The third-order valence-corrected chi connectivity index (χ3v) is 6.93. The van der Waals surface area contributed by atoms with E-state index >= 15 is 0 Å². The second-order valence-electron chi connectivity index (χ2n) is 9.16. The van der Waals surface area contributed by atoms with E-state index in [2.05, 4.69) is 26.5 Å². The van der Waals surface area contributed by atoms with Gasteiger partial charge >= 0.3 is 6.03 Å². The molecule has 1 heterocycles. The summed E-state index contributed by atoms with van der Waals surface area (Å²) in [7, 11) is 3.28. The van der Waals surface area contributed by atoms with Crippen molar-refractivity contribution in [2.75, 3.05) is 73.9 Å². The highest BCUT2D eigenvalue weighted by Crippen LogP contribution is 2.31. The third-order valence-electron chi connectivity index (χ3n) is 6.93. The molecule has 0 unspecified atom stereocenters. The predicted molar refractivity (Wildman–Crippen MR) is 157 cm³/mol. The number of rotatable bonds is 9. The summed E-state index contributed by atoms with van der Waals surface area (Å²) in [6.07, 6.45) is 0. The lowest BCUT2D eigenvalue weighted by molar-refractivity contribution is 0.0773. The van der Waals surface area contributed by atoms with Gasteiger partial charge in [0, 0.05) is 56.3 Å². The molecule has 0 aromatic heterocycles. The van der Waals surface area contributed by atoms with Crippen LogP contribution in [0.4, 0.5) is 27.5 Å². The maximum atomic E-state index is 13.6. The topological polar surface area (TPSA) is 86.4 Å². The Morgan fingerprint density at radius 2 is 1.36 bits per heavy atom. The Balaban J connectivity index is 1.52. The molecule has 206 valence electrons. The van der Waals surface area contributed by atoms with E-state index in [4.69, 9.17) is 9.47 Å². The number of urea groups is 1. The van der Waals surface area contributed by atoms with Gasteiger partial charge in [0.2, 0.25) is 0 Å². The number of carbonyl (C=O) groups is 2. The van der Waals surface area contributed by atoms with Crippen LogP contribution in [0.15, 0.2) is 66.7 Å². The average Bonchev–Trinajstić information content (AvgIpc) is 2.98. The number of hydrogen-bond acceptors (Lipinski definition) is 6. The monoisotopic (exact) mass is 531 g/mol. The van der Waals surface area contributed by atoms with Crippen LogP contribution in [0.2, 0.25) is 0 Å². The van der Waals surface area contributed by atoms with Gasteiger partial charge in [-0.05, 0) is 68.4 Å². The molecule has 0 radical (unpaired) electrons. The number of ether oxygens (including phenoxy) is 2. The molecule has 1 aliphatic heterocycles. The van der Waals surface area contributed by atoms with Crippen LogP contribution in [0.3, 0.4) is 0 Å². The van der Waals surface area contributed by atoms with Gasteiger partial charge in [0.05, 0.1) is 25.5 Å². The summed E-state index contributed by atoms with van der Waals surface area (Å²) >= 11 is 0. The minimum atomic E-state index is -0.389. The molecule has 3 aromatic rings. The standard InChI is InChI=1S/C30H37N5O4/c1-5-33(6-2)29(36)25-21-23(32-30(37)31-22-11-14-24(38-3)15-12-22)13-16-26(25)34-17-19-35(20-18-34)27-9-7-8-10-28(27)39-4/h7-16,21H,5-6,17-20H2,1-4H3,(H2,31,32,37). The van der Waals surface area contributed by atoms with Gasteiger partial charge in [0.1, 0.15) is 11.5 Å². The van der Waals surface area contributed by atoms with Crippen LogP contribution in [0.1, 0.15) is 24.2 Å². The highest BCUT2D eigenvalue weighted by molar-refractivity contribution is 6.04. The molecule has 0 bridgehead atoms. The van der Waals surface area contributed by atoms with Crippen molar-refractivity contribution < 1.29 is 19.1 Å². The number of amides is 3. The van der Waals surface area contributed by atoms with Crippen molar-refractivity contribution >= 4 is 34.7 Å². The van der Waals surface area contributed by atoms with Crippen molar-refractivity contribution in [2.45, 2.75) is 13.8 Å². The van der Waals surface area contributed by atoms with Crippen LogP contribution >= 0.6 is 0 Å². The molecule has 2 N–H and O–H groups in total. The largest absolute Gasteiger partial charge is 0.497 e. The fourth-order valence-corrected chi connectivity index (χ4v) is 4.79. The zero-order valence-corrected chi connectivity index (χ0v) is 23.1. The van der Waals surface area contributed by atoms with E-state index in [-0.39, 0.29) is 11.9 Å². The Labute approximate surface area is 230 Å². The quantitative estimate of drug-likeness (QED) is 0.397. The van der Waals surface area contributed by atoms with Gasteiger partial charge in [-0.1, -0.05) is 12.1 Å². The van der Waals surface area contributed by atoms with E-state index < -0.39 is 0 Å². The fraction of sp³-hybridized carbons (Fsp3) is 0.333. The lowest BCUT2D eigenvalue weighted by atomic mass is 10.1. The first-order chi connectivity index (χ1) is 19.0. The van der Waals surface area contributed by atoms with Gasteiger partial charge in [-0.15, -0.1) is 0 Å². The summed E-state index contributed by atoms with van der Waals surface area (Å²) in [5.74, 6) is 1.51. The molecule has 0 saturated carbocycles. The Morgan fingerprint density at radius 3 is 1.97 bits per heavy atom. The zero-order chi connectivity index (χ0) is 27.8. The van der Waals surface area contributed by atoms with Crippen molar-refractivity contribution in [1.82, 2.24) is 4.90 Å².